The summed E-state index contributed by atoms with van der Waals surface area (Å²) in [4.78, 5) is 60.2. The standard InChI is InChI=1S/C18H30N4O7/c1-10(20-17(28)29-18(2,3)4)15(25)22-7-5-11(6-8-22)14(24)21-12(16(26)27)9-13(19)23/h10-12H,5-9H2,1-4H3,(H2,19,23)(H,20,28)(H,21,24)(H,26,27). The molecule has 0 bridgehead atoms. The van der Waals surface area contributed by atoms with Gasteiger partial charge in [0.05, 0.1) is 6.42 Å². The third-order valence-corrected chi connectivity index (χ3v) is 4.30. The van der Waals surface area contributed by atoms with Gasteiger partial charge in [0.25, 0.3) is 0 Å². The molecule has 0 saturated carbocycles. The monoisotopic (exact) mass is 414 g/mol. The van der Waals surface area contributed by atoms with E-state index in [0.29, 0.717) is 12.8 Å². The molecule has 1 heterocycles. The molecule has 1 aliphatic heterocycles. The number of rotatable bonds is 7. The largest absolute Gasteiger partial charge is 0.480 e. The van der Waals surface area contributed by atoms with Gasteiger partial charge in [0.1, 0.15) is 17.7 Å². The van der Waals surface area contributed by atoms with Crippen LogP contribution in [0.5, 0.6) is 0 Å². The summed E-state index contributed by atoms with van der Waals surface area (Å²) in [6.07, 6.45) is -0.521. The first-order chi connectivity index (χ1) is 13.3. The highest BCUT2D eigenvalue weighted by atomic mass is 16.6. The van der Waals surface area contributed by atoms with Gasteiger partial charge in [0.2, 0.25) is 17.7 Å². The van der Waals surface area contributed by atoms with Gasteiger partial charge in [-0.2, -0.15) is 0 Å². The maximum atomic E-state index is 12.5. The van der Waals surface area contributed by atoms with Gasteiger partial charge in [-0.3, -0.25) is 14.4 Å². The van der Waals surface area contributed by atoms with Crippen LogP contribution in [0.1, 0.15) is 47.0 Å². The Labute approximate surface area is 169 Å². The Morgan fingerprint density at radius 2 is 1.69 bits per heavy atom. The van der Waals surface area contributed by atoms with Crippen molar-refractivity contribution in [3.05, 3.63) is 0 Å². The van der Waals surface area contributed by atoms with Gasteiger partial charge in [-0.05, 0) is 40.5 Å². The van der Waals surface area contributed by atoms with Crippen LogP contribution < -0.4 is 16.4 Å². The van der Waals surface area contributed by atoms with E-state index in [4.69, 9.17) is 15.6 Å². The van der Waals surface area contributed by atoms with Gasteiger partial charge < -0.3 is 31.1 Å². The van der Waals surface area contributed by atoms with Crippen molar-refractivity contribution in [1.82, 2.24) is 15.5 Å². The average Bonchev–Trinajstić information content (AvgIpc) is 2.58. The lowest BCUT2D eigenvalue weighted by Gasteiger charge is -2.33. The number of piperidine rings is 1. The molecule has 11 nitrogen and oxygen atoms in total. The van der Waals surface area contributed by atoms with Gasteiger partial charge in [0.15, 0.2) is 0 Å². The Balaban J connectivity index is 2.53. The molecule has 1 fully saturated rings. The summed E-state index contributed by atoms with van der Waals surface area (Å²) in [5.41, 5.74) is 4.32. The van der Waals surface area contributed by atoms with Crippen LogP contribution in [0, 0.1) is 5.92 Å². The number of alkyl carbamates (subject to hydrolysis) is 1. The highest BCUT2D eigenvalue weighted by Crippen LogP contribution is 2.18. The van der Waals surface area contributed by atoms with E-state index in [1.165, 1.54) is 4.90 Å². The molecule has 0 aromatic rings. The highest BCUT2D eigenvalue weighted by molar-refractivity contribution is 5.89. The average molecular weight is 414 g/mol. The Hall–Kier alpha value is -2.85. The normalized spacial score (nSPS) is 17.0. The topological polar surface area (TPSA) is 168 Å². The molecule has 1 saturated heterocycles. The second kappa shape index (κ2) is 10.1. The summed E-state index contributed by atoms with van der Waals surface area (Å²) in [5.74, 6) is -3.45. The molecular weight excluding hydrogens is 384 g/mol. The van der Waals surface area contributed by atoms with Crippen molar-refractivity contribution in [2.24, 2.45) is 11.7 Å². The number of ether oxygens (including phenoxy) is 1. The summed E-state index contributed by atoms with van der Waals surface area (Å²) in [7, 11) is 0. The van der Waals surface area contributed by atoms with Crippen molar-refractivity contribution in [3.8, 4) is 0 Å². The first kappa shape index (κ1) is 24.2. The van der Waals surface area contributed by atoms with Gasteiger partial charge in [-0.25, -0.2) is 9.59 Å². The predicted molar refractivity (Wildman–Crippen MR) is 102 cm³/mol. The second-order valence-electron chi connectivity index (χ2n) is 8.04. The van der Waals surface area contributed by atoms with Crippen LogP contribution in [0.3, 0.4) is 0 Å². The number of likely N-dealkylation sites (tertiary alicyclic amines) is 1. The number of amides is 4. The summed E-state index contributed by atoms with van der Waals surface area (Å²) in [5, 5.41) is 13.9. The molecule has 164 valence electrons. The SMILES string of the molecule is CC(NC(=O)OC(C)(C)C)C(=O)N1CCC(C(=O)NC(CC(N)=O)C(=O)O)CC1. The molecule has 11 heteroatoms. The lowest BCUT2D eigenvalue weighted by atomic mass is 9.95. The zero-order valence-corrected chi connectivity index (χ0v) is 17.2. The maximum Gasteiger partial charge on any atom is 0.408 e. The molecule has 2 unspecified atom stereocenters. The Kier molecular flexibility index (Phi) is 8.41. The van der Waals surface area contributed by atoms with E-state index in [1.54, 1.807) is 27.7 Å². The van der Waals surface area contributed by atoms with Gasteiger partial charge >= 0.3 is 12.1 Å². The Morgan fingerprint density at radius 1 is 1.14 bits per heavy atom. The van der Waals surface area contributed by atoms with E-state index >= 15 is 0 Å². The fraction of sp³-hybridized carbons (Fsp3) is 0.722. The number of aliphatic carboxylic acids is 1. The van der Waals surface area contributed by atoms with E-state index in [-0.39, 0.29) is 19.0 Å². The molecule has 4 amide bonds. The molecule has 0 aromatic heterocycles. The van der Waals surface area contributed by atoms with Crippen LogP contribution in [0.15, 0.2) is 0 Å². The minimum absolute atomic E-state index is 0.283. The summed E-state index contributed by atoms with van der Waals surface area (Å²) in [6, 6.07) is -2.17. The number of carbonyl (C=O) groups is 5. The van der Waals surface area contributed by atoms with Crippen LogP contribution in [-0.2, 0) is 23.9 Å². The Bertz CT molecular complexity index is 651. The number of primary amides is 1. The van der Waals surface area contributed by atoms with E-state index in [9.17, 15) is 24.0 Å². The number of carboxylic acids is 1. The summed E-state index contributed by atoms with van der Waals surface area (Å²) in [6.45, 7) is 7.26. The number of hydrogen-bond donors (Lipinski definition) is 4. The van der Waals surface area contributed by atoms with Crippen LogP contribution >= 0.6 is 0 Å². The van der Waals surface area contributed by atoms with E-state index in [0.717, 1.165) is 0 Å². The third-order valence-electron chi connectivity index (χ3n) is 4.30. The van der Waals surface area contributed by atoms with Gasteiger partial charge in [-0.1, -0.05) is 0 Å². The molecule has 2 atom stereocenters. The Morgan fingerprint density at radius 3 is 2.14 bits per heavy atom. The smallest absolute Gasteiger partial charge is 0.408 e. The lowest BCUT2D eigenvalue weighted by Crippen LogP contribution is -2.52. The zero-order chi connectivity index (χ0) is 22.4. The number of nitrogens with two attached hydrogens (primary N) is 1. The van der Waals surface area contributed by atoms with Crippen molar-refractivity contribution in [1.29, 1.82) is 0 Å². The van der Waals surface area contributed by atoms with Gasteiger partial charge in [0, 0.05) is 19.0 Å². The van der Waals surface area contributed by atoms with E-state index < -0.39 is 53.9 Å². The quantitative estimate of drug-likeness (QED) is 0.439. The van der Waals surface area contributed by atoms with Crippen LogP contribution in [-0.4, -0.2) is 70.6 Å². The van der Waals surface area contributed by atoms with Crippen LogP contribution in [0.2, 0.25) is 0 Å². The van der Waals surface area contributed by atoms with Crippen molar-refractivity contribution in [2.45, 2.75) is 64.6 Å². The molecule has 1 aliphatic rings. The summed E-state index contributed by atoms with van der Waals surface area (Å²) < 4.78 is 5.12. The number of carboxylic acid groups (broad SMARTS) is 1. The highest BCUT2D eigenvalue weighted by Gasteiger charge is 2.32. The molecular formula is C18H30N4O7. The number of nitrogens with zero attached hydrogens (tertiary/aromatic N) is 1. The minimum Gasteiger partial charge on any atom is -0.480 e. The van der Waals surface area contributed by atoms with Gasteiger partial charge in [-0.15, -0.1) is 0 Å². The molecule has 29 heavy (non-hydrogen) atoms. The summed E-state index contributed by atoms with van der Waals surface area (Å²) >= 11 is 0. The van der Waals surface area contributed by atoms with Crippen LogP contribution in [0.4, 0.5) is 4.79 Å². The molecule has 0 radical (unpaired) electrons. The predicted octanol–water partition coefficient (Wildman–Crippen LogP) is -0.417. The van der Waals surface area contributed by atoms with Crippen molar-refractivity contribution >= 4 is 29.8 Å². The second-order valence-corrected chi connectivity index (χ2v) is 8.04. The minimum atomic E-state index is -1.38. The molecule has 0 aliphatic carbocycles. The first-order valence-electron chi connectivity index (χ1n) is 9.40. The molecule has 0 aromatic carbocycles. The number of hydrogen-bond acceptors (Lipinski definition) is 6. The van der Waals surface area contributed by atoms with E-state index in [2.05, 4.69) is 10.6 Å². The van der Waals surface area contributed by atoms with Crippen LogP contribution in [0.25, 0.3) is 0 Å². The molecule has 1 rings (SSSR count). The maximum absolute atomic E-state index is 12.5. The van der Waals surface area contributed by atoms with Crippen molar-refractivity contribution in [3.63, 3.8) is 0 Å². The van der Waals surface area contributed by atoms with Crippen molar-refractivity contribution in [2.75, 3.05) is 13.1 Å². The number of carbonyl (C=O) groups excluding carboxylic acids is 4. The molecule has 5 N–H and O–H groups in total. The number of nitrogens with one attached hydrogen (secondary N) is 2. The zero-order valence-electron chi connectivity index (χ0n) is 17.2. The molecule has 0 spiro atoms. The lowest BCUT2D eigenvalue weighted by molar-refractivity contribution is -0.144. The fourth-order valence-electron chi connectivity index (χ4n) is 2.87. The van der Waals surface area contributed by atoms with Crippen molar-refractivity contribution < 1.29 is 33.8 Å². The first-order valence-corrected chi connectivity index (χ1v) is 9.40. The van der Waals surface area contributed by atoms with E-state index in [1.807, 2.05) is 0 Å². The fourth-order valence-corrected chi connectivity index (χ4v) is 2.87. The third kappa shape index (κ3) is 8.36.